The van der Waals surface area contributed by atoms with Crippen molar-refractivity contribution in [2.45, 2.75) is 26.9 Å². The molecular formula is C22H23N3O3. The van der Waals surface area contributed by atoms with Crippen LogP contribution in [0.2, 0.25) is 0 Å². The fraction of sp³-hybridized carbons (Fsp3) is 0.182. The van der Waals surface area contributed by atoms with Crippen LogP contribution in [-0.2, 0) is 0 Å². The molecule has 1 aromatic heterocycles. The van der Waals surface area contributed by atoms with Gasteiger partial charge in [0.15, 0.2) is 0 Å². The number of aromatic nitrogens is 1. The van der Waals surface area contributed by atoms with E-state index in [0.29, 0.717) is 16.9 Å². The molecule has 0 fully saturated rings. The van der Waals surface area contributed by atoms with Crippen molar-refractivity contribution in [3.8, 4) is 11.4 Å². The highest BCUT2D eigenvalue weighted by Gasteiger charge is 2.11. The zero-order chi connectivity index (χ0) is 20.1. The van der Waals surface area contributed by atoms with E-state index in [9.17, 15) is 9.59 Å². The van der Waals surface area contributed by atoms with Gasteiger partial charge in [-0.3, -0.25) is 20.4 Å². The first-order valence-electron chi connectivity index (χ1n) is 9.05. The summed E-state index contributed by atoms with van der Waals surface area (Å²) in [6.07, 6.45) is 3.89. The first kappa shape index (κ1) is 19.2. The quantitative estimate of drug-likeness (QED) is 0.667. The van der Waals surface area contributed by atoms with Crippen molar-refractivity contribution in [1.82, 2.24) is 15.4 Å². The number of amides is 2. The van der Waals surface area contributed by atoms with Gasteiger partial charge in [-0.1, -0.05) is 6.07 Å². The second-order valence-corrected chi connectivity index (χ2v) is 6.69. The molecule has 0 bridgehead atoms. The van der Waals surface area contributed by atoms with Crippen molar-refractivity contribution >= 4 is 11.8 Å². The second kappa shape index (κ2) is 8.43. The summed E-state index contributed by atoms with van der Waals surface area (Å²) in [4.78, 5) is 24.7. The van der Waals surface area contributed by atoms with E-state index in [1.54, 1.807) is 36.4 Å². The Morgan fingerprint density at radius 2 is 1.46 bits per heavy atom. The van der Waals surface area contributed by atoms with E-state index in [4.69, 9.17) is 4.74 Å². The summed E-state index contributed by atoms with van der Waals surface area (Å²) in [5.41, 5.74) is 7.72. The van der Waals surface area contributed by atoms with Gasteiger partial charge < -0.3 is 9.30 Å². The Morgan fingerprint density at radius 3 is 2.07 bits per heavy atom. The van der Waals surface area contributed by atoms with Crippen molar-refractivity contribution < 1.29 is 14.3 Å². The Balaban J connectivity index is 1.64. The van der Waals surface area contributed by atoms with Crippen LogP contribution in [0, 0.1) is 6.92 Å². The third-order valence-electron chi connectivity index (χ3n) is 4.13. The van der Waals surface area contributed by atoms with Crippen LogP contribution in [0.1, 0.15) is 40.1 Å². The van der Waals surface area contributed by atoms with Crippen molar-refractivity contribution in [2.24, 2.45) is 0 Å². The molecule has 6 nitrogen and oxygen atoms in total. The largest absolute Gasteiger partial charge is 0.491 e. The topological polar surface area (TPSA) is 72.4 Å². The molecule has 28 heavy (non-hydrogen) atoms. The lowest BCUT2D eigenvalue weighted by Crippen LogP contribution is -2.41. The van der Waals surface area contributed by atoms with Crippen LogP contribution >= 0.6 is 0 Å². The summed E-state index contributed by atoms with van der Waals surface area (Å²) < 4.78 is 7.49. The lowest BCUT2D eigenvalue weighted by atomic mass is 10.1. The molecule has 0 atom stereocenters. The van der Waals surface area contributed by atoms with Gasteiger partial charge in [0.25, 0.3) is 11.8 Å². The average Bonchev–Trinajstić information content (AvgIpc) is 3.21. The molecular weight excluding hydrogens is 354 g/mol. The Labute approximate surface area is 164 Å². The summed E-state index contributed by atoms with van der Waals surface area (Å²) in [5.74, 6) is -0.100. The molecule has 0 aliphatic heterocycles. The molecule has 0 saturated heterocycles. The molecule has 0 radical (unpaired) electrons. The Hall–Kier alpha value is -3.54. The number of carbonyl (C=O) groups is 2. The maximum Gasteiger partial charge on any atom is 0.269 e. The number of hydrogen-bond donors (Lipinski definition) is 2. The van der Waals surface area contributed by atoms with Gasteiger partial charge in [-0.05, 0) is 74.9 Å². The lowest BCUT2D eigenvalue weighted by Gasteiger charge is -2.12. The van der Waals surface area contributed by atoms with E-state index >= 15 is 0 Å². The molecule has 3 rings (SSSR count). The number of hydrazine groups is 1. The highest BCUT2D eigenvalue weighted by molar-refractivity contribution is 5.99. The number of nitrogens with zero attached hydrogens (tertiary/aromatic N) is 1. The van der Waals surface area contributed by atoms with Gasteiger partial charge in [-0.25, -0.2) is 0 Å². The van der Waals surface area contributed by atoms with Gasteiger partial charge in [0.05, 0.1) is 6.10 Å². The Kier molecular flexibility index (Phi) is 5.79. The molecule has 0 unspecified atom stereocenters. The summed E-state index contributed by atoms with van der Waals surface area (Å²) >= 11 is 0. The van der Waals surface area contributed by atoms with E-state index in [1.807, 2.05) is 55.9 Å². The average molecular weight is 377 g/mol. The van der Waals surface area contributed by atoms with E-state index in [0.717, 1.165) is 11.3 Å². The van der Waals surface area contributed by atoms with Crippen LogP contribution in [0.5, 0.6) is 5.75 Å². The van der Waals surface area contributed by atoms with Crippen molar-refractivity contribution in [3.63, 3.8) is 0 Å². The number of ether oxygens (including phenoxy) is 1. The third kappa shape index (κ3) is 4.59. The molecule has 144 valence electrons. The molecule has 6 heteroatoms. The minimum Gasteiger partial charge on any atom is -0.491 e. The fourth-order valence-corrected chi connectivity index (χ4v) is 2.74. The predicted octanol–water partition coefficient (Wildman–Crippen LogP) is 3.65. The minimum atomic E-state index is -0.401. The highest BCUT2D eigenvalue weighted by atomic mass is 16.5. The van der Waals surface area contributed by atoms with Crippen LogP contribution in [0.25, 0.3) is 5.69 Å². The van der Waals surface area contributed by atoms with Crippen molar-refractivity contribution in [1.29, 1.82) is 0 Å². The highest BCUT2D eigenvalue weighted by Crippen LogP contribution is 2.17. The number of hydrogen-bond acceptors (Lipinski definition) is 3. The van der Waals surface area contributed by atoms with Gasteiger partial charge >= 0.3 is 0 Å². The molecule has 3 aromatic rings. The van der Waals surface area contributed by atoms with Crippen molar-refractivity contribution in [3.05, 3.63) is 83.7 Å². The van der Waals surface area contributed by atoms with E-state index < -0.39 is 5.91 Å². The first-order chi connectivity index (χ1) is 13.4. The van der Waals surface area contributed by atoms with Gasteiger partial charge in [-0.2, -0.15) is 0 Å². The van der Waals surface area contributed by atoms with Gasteiger partial charge in [0, 0.05) is 29.2 Å². The zero-order valence-electron chi connectivity index (χ0n) is 16.1. The maximum atomic E-state index is 12.4. The fourth-order valence-electron chi connectivity index (χ4n) is 2.74. The smallest absolute Gasteiger partial charge is 0.269 e. The lowest BCUT2D eigenvalue weighted by molar-refractivity contribution is 0.0846. The Bertz CT molecular complexity index is 961. The summed E-state index contributed by atoms with van der Waals surface area (Å²) in [5, 5.41) is 0. The van der Waals surface area contributed by atoms with Gasteiger partial charge in [0.2, 0.25) is 0 Å². The monoisotopic (exact) mass is 377 g/mol. The molecule has 2 aromatic carbocycles. The number of benzene rings is 2. The van der Waals surface area contributed by atoms with Crippen LogP contribution < -0.4 is 15.6 Å². The molecule has 2 N–H and O–H groups in total. The normalized spacial score (nSPS) is 10.6. The van der Waals surface area contributed by atoms with Crippen LogP contribution in [0.4, 0.5) is 0 Å². The molecule has 0 saturated carbocycles. The predicted molar refractivity (Wildman–Crippen MR) is 108 cm³/mol. The standard InChI is InChI=1S/C22H23N3O3/c1-15(2)28-19-10-8-17(9-11-19)21(26)23-24-22(27)18-7-6-16(3)20(14-18)25-12-4-5-13-25/h4-15H,1-3H3,(H,23,26)(H,24,27). The molecule has 0 aliphatic carbocycles. The third-order valence-corrected chi connectivity index (χ3v) is 4.13. The SMILES string of the molecule is Cc1ccc(C(=O)NNC(=O)c2ccc(OC(C)C)cc2)cc1-n1cccc1. The number of rotatable bonds is 5. The maximum absolute atomic E-state index is 12.4. The van der Waals surface area contributed by atoms with Crippen LogP contribution in [0.3, 0.4) is 0 Å². The van der Waals surface area contributed by atoms with E-state index in [1.165, 1.54) is 0 Å². The van der Waals surface area contributed by atoms with Gasteiger partial charge in [0.1, 0.15) is 5.75 Å². The van der Waals surface area contributed by atoms with E-state index in [2.05, 4.69) is 10.9 Å². The first-order valence-corrected chi connectivity index (χ1v) is 9.05. The summed E-state index contributed by atoms with van der Waals surface area (Å²) in [7, 11) is 0. The minimum absolute atomic E-state index is 0.0601. The van der Waals surface area contributed by atoms with Crippen molar-refractivity contribution in [2.75, 3.05) is 0 Å². The van der Waals surface area contributed by atoms with Crippen LogP contribution in [-0.4, -0.2) is 22.5 Å². The molecule has 1 heterocycles. The molecule has 2 amide bonds. The number of nitrogens with one attached hydrogen (secondary N) is 2. The zero-order valence-corrected chi connectivity index (χ0v) is 16.1. The van der Waals surface area contributed by atoms with Gasteiger partial charge in [-0.15, -0.1) is 0 Å². The Morgan fingerprint density at radius 1 is 0.893 bits per heavy atom. The molecule has 0 aliphatic rings. The summed E-state index contributed by atoms with van der Waals surface area (Å²) in [6.45, 7) is 5.84. The molecule has 0 spiro atoms. The van der Waals surface area contributed by atoms with Crippen LogP contribution in [0.15, 0.2) is 67.0 Å². The second-order valence-electron chi connectivity index (χ2n) is 6.69. The number of aryl methyl sites for hydroxylation is 1. The summed E-state index contributed by atoms with van der Waals surface area (Å²) in [6, 6.07) is 16.0. The number of carbonyl (C=O) groups excluding carboxylic acids is 2. The van der Waals surface area contributed by atoms with E-state index in [-0.39, 0.29) is 12.0 Å².